The van der Waals surface area contributed by atoms with Crippen LogP contribution in [0.25, 0.3) is 0 Å². The van der Waals surface area contributed by atoms with Gasteiger partial charge in [0, 0.05) is 13.8 Å². The SMILES string of the molecule is CC(=O)OCC(COP(=O)([O-])CC[N+](C)(C)C)OC(C)=O. The molecule has 21 heavy (non-hydrogen) atoms. The highest BCUT2D eigenvalue weighted by atomic mass is 31.2. The molecule has 0 aliphatic heterocycles. The van der Waals surface area contributed by atoms with Crippen molar-refractivity contribution >= 4 is 19.5 Å². The first-order valence-electron chi connectivity index (χ1n) is 6.47. The molecule has 2 atom stereocenters. The summed E-state index contributed by atoms with van der Waals surface area (Å²) in [4.78, 5) is 33.4. The van der Waals surface area contributed by atoms with E-state index in [0.29, 0.717) is 11.0 Å². The summed E-state index contributed by atoms with van der Waals surface area (Å²) in [6.45, 7) is 2.15. The van der Waals surface area contributed by atoms with Gasteiger partial charge in [0.25, 0.3) is 0 Å². The second kappa shape index (κ2) is 8.48. The van der Waals surface area contributed by atoms with E-state index in [-0.39, 0.29) is 19.4 Å². The van der Waals surface area contributed by atoms with Gasteiger partial charge in [-0.05, 0) is 0 Å². The molecule has 0 spiro atoms. The third-order valence-electron chi connectivity index (χ3n) is 2.31. The minimum Gasteiger partial charge on any atom is -0.778 e. The number of rotatable bonds is 9. The standard InChI is InChI=1S/C12H24NO7P/c1-10(14)18-8-12(20-11(2)15)9-19-21(16,17)7-6-13(3,4)5/h12H,6-9H2,1-5H3. The Morgan fingerprint density at radius 3 is 2.14 bits per heavy atom. The lowest BCUT2D eigenvalue weighted by Gasteiger charge is -2.30. The average Bonchev–Trinajstić information content (AvgIpc) is 2.29. The fourth-order valence-electron chi connectivity index (χ4n) is 1.24. The quantitative estimate of drug-likeness (QED) is 0.327. The Morgan fingerprint density at radius 2 is 1.71 bits per heavy atom. The van der Waals surface area contributed by atoms with Crippen LogP contribution >= 0.6 is 7.60 Å². The number of nitrogens with zero attached hydrogens (tertiary/aromatic N) is 1. The van der Waals surface area contributed by atoms with Crippen molar-refractivity contribution in [3.8, 4) is 0 Å². The number of carbonyl (C=O) groups is 2. The van der Waals surface area contributed by atoms with Crippen molar-refractivity contribution in [2.45, 2.75) is 20.0 Å². The largest absolute Gasteiger partial charge is 0.778 e. The van der Waals surface area contributed by atoms with Gasteiger partial charge in [0.05, 0.1) is 40.5 Å². The fourth-order valence-corrected chi connectivity index (χ4v) is 2.61. The van der Waals surface area contributed by atoms with Crippen LogP contribution in [0.1, 0.15) is 13.8 Å². The molecule has 8 nitrogen and oxygen atoms in total. The molecular formula is C12H24NO7P. The normalized spacial score (nSPS) is 15.9. The second-order valence-electron chi connectivity index (χ2n) is 5.68. The fraction of sp³-hybridized carbons (Fsp3) is 0.833. The third-order valence-corrected chi connectivity index (χ3v) is 3.60. The Bertz CT molecular complexity index is 405. The smallest absolute Gasteiger partial charge is 0.303 e. The zero-order valence-electron chi connectivity index (χ0n) is 13.2. The first-order chi connectivity index (χ1) is 9.41. The monoisotopic (exact) mass is 325 g/mol. The number of hydrogen-bond donors (Lipinski definition) is 0. The van der Waals surface area contributed by atoms with E-state index in [1.807, 2.05) is 21.1 Å². The molecule has 0 rings (SSSR count). The minimum absolute atomic E-state index is 0.128. The molecule has 0 saturated heterocycles. The predicted molar refractivity (Wildman–Crippen MR) is 73.5 cm³/mol. The maximum absolute atomic E-state index is 11.8. The Labute approximate surface area is 125 Å². The highest BCUT2D eigenvalue weighted by Crippen LogP contribution is 2.36. The zero-order chi connectivity index (χ0) is 16.7. The molecule has 0 fully saturated rings. The van der Waals surface area contributed by atoms with Gasteiger partial charge in [-0.3, -0.25) is 9.59 Å². The lowest BCUT2D eigenvalue weighted by molar-refractivity contribution is -0.868. The average molecular weight is 325 g/mol. The Kier molecular flexibility index (Phi) is 8.10. The molecule has 124 valence electrons. The third kappa shape index (κ3) is 12.5. The number of esters is 2. The molecule has 0 aliphatic carbocycles. The van der Waals surface area contributed by atoms with Crippen molar-refractivity contribution < 1.29 is 37.5 Å². The van der Waals surface area contributed by atoms with E-state index in [9.17, 15) is 19.0 Å². The van der Waals surface area contributed by atoms with Crippen molar-refractivity contribution in [2.75, 3.05) is 47.1 Å². The van der Waals surface area contributed by atoms with Crippen LogP contribution in [0, 0.1) is 0 Å². The lowest BCUT2D eigenvalue weighted by Crippen LogP contribution is -2.38. The summed E-state index contributed by atoms with van der Waals surface area (Å²) in [6, 6.07) is 0. The zero-order valence-corrected chi connectivity index (χ0v) is 14.1. The maximum atomic E-state index is 11.8. The molecule has 0 saturated carbocycles. The van der Waals surface area contributed by atoms with Crippen LogP contribution in [-0.4, -0.2) is 69.6 Å². The van der Waals surface area contributed by atoms with Crippen molar-refractivity contribution in [1.29, 1.82) is 0 Å². The molecule has 0 radical (unpaired) electrons. The van der Waals surface area contributed by atoms with Gasteiger partial charge < -0.3 is 27.9 Å². The number of carbonyl (C=O) groups excluding carboxylic acids is 2. The minimum atomic E-state index is -4.03. The Balaban J connectivity index is 4.39. The van der Waals surface area contributed by atoms with Crippen LogP contribution in [0.4, 0.5) is 0 Å². The summed E-state index contributed by atoms with van der Waals surface area (Å²) in [7, 11) is 1.56. The summed E-state index contributed by atoms with van der Waals surface area (Å²) in [5, 5.41) is 0. The summed E-state index contributed by atoms with van der Waals surface area (Å²) in [5.74, 6) is -1.16. The Hall–Kier alpha value is -0.950. The molecule has 0 aliphatic rings. The van der Waals surface area contributed by atoms with Crippen molar-refractivity contribution in [3.05, 3.63) is 0 Å². The van der Waals surface area contributed by atoms with Crippen LogP contribution in [0.5, 0.6) is 0 Å². The second-order valence-corrected chi connectivity index (χ2v) is 7.61. The van der Waals surface area contributed by atoms with Crippen LogP contribution in [-0.2, 0) is 28.2 Å². The molecule has 0 aromatic rings. The molecular weight excluding hydrogens is 301 g/mol. The predicted octanol–water partition coefficient (Wildman–Crippen LogP) is -0.243. The van der Waals surface area contributed by atoms with Gasteiger partial charge in [0.1, 0.15) is 14.2 Å². The molecule has 0 aromatic heterocycles. The van der Waals surface area contributed by atoms with Crippen LogP contribution in [0.2, 0.25) is 0 Å². The van der Waals surface area contributed by atoms with E-state index in [1.165, 1.54) is 13.8 Å². The molecule has 0 bridgehead atoms. The highest BCUT2D eigenvalue weighted by molar-refractivity contribution is 7.51. The van der Waals surface area contributed by atoms with Gasteiger partial charge in [-0.15, -0.1) is 0 Å². The summed E-state index contributed by atoms with van der Waals surface area (Å²) in [6.07, 6.45) is -1.07. The molecule has 0 heterocycles. The summed E-state index contributed by atoms with van der Waals surface area (Å²) < 4.78 is 26.6. The van der Waals surface area contributed by atoms with E-state index in [1.54, 1.807) is 0 Å². The van der Waals surface area contributed by atoms with E-state index in [4.69, 9.17) is 14.0 Å². The summed E-state index contributed by atoms with van der Waals surface area (Å²) >= 11 is 0. The topological polar surface area (TPSA) is 102 Å². The van der Waals surface area contributed by atoms with Gasteiger partial charge in [-0.1, -0.05) is 0 Å². The molecule has 9 heteroatoms. The van der Waals surface area contributed by atoms with Gasteiger partial charge in [-0.25, -0.2) is 0 Å². The van der Waals surface area contributed by atoms with Crippen LogP contribution in [0.15, 0.2) is 0 Å². The van der Waals surface area contributed by atoms with E-state index >= 15 is 0 Å². The first kappa shape index (κ1) is 20.1. The molecule has 2 unspecified atom stereocenters. The van der Waals surface area contributed by atoms with E-state index in [0.717, 1.165) is 0 Å². The van der Waals surface area contributed by atoms with Gasteiger partial charge in [0.15, 0.2) is 6.10 Å². The van der Waals surface area contributed by atoms with Gasteiger partial charge >= 0.3 is 11.9 Å². The van der Waals surface area contributed by atoms with Gasteiger partial charge in [0.2, 0.25) is 0 Å². The molecule has 0 N–H and O–H groups in total. The number of ether oxygens (including phenoxy) is 2. The van der Waals surface area contributed by atoms with Crippen molar-refractivity contribution in [3.63, 3.8) is 0 Å². The first-order valence-corrected chi connectivity index (χ1v) is 8.20. The van der Waals surface area contributed by atoms with E-state index in [2.05, 4.69) is 0 Å². The number of quaternary nitrogens is 1. The van der Waals surface area contributed by atoms with Crippen molar-refractivity contribution in [1.82, 2.24) is 0 Å². The van der Waals surface area contributed by atoms with Crippen LogP contribution in [0.3, 0.4) is 0 Å². The molecule has 0 amide bonds. The highest BCUT2D eigenvalue weighted by Gasteiger charge is 2.20. The Morgan fingerprint density at radius 1 is 1.14 bits per heavy atom. The van der Waals surface area contributed by atoms with Gasteiger partial charge in [-0.2, -0.15) is 0 Å². The number of hydrogen-bond acceptors (Lipinski definition) is 7. The van der Waals surface area contributed by atoms with Crippen molar-refractivity contribution in [2.24, 2.45) is 0 Å². The maximum Gasteiger partial charge on any atom is 0.303 e. The van der Waals surface area contributed by atoms with E-state index < -0.39 is 25.6 Å². The molecule has 0 aromatic carbocycles. The lowest BCUT2D eigenvalue weighted by atomic mass is 10.4. The van der Waals surface area contributed by atoms with Crippen LogP contribution < -0.4 is 4.89 Å². The summed E-state index contributed by atoms with van der Waals surface area (Å²) in [5.41, 5.74) is 0.